The van der Waals surface area contributed by atoms with E-state index in [1.54, 1.807) is 0 Å². The van der Waals surface area contributed by atoms with Gasteiger partial charge in [-0.3, -0.25) is 4.79 Å². The van der Waals surface area contributed by atoms with Gasteiger partial charge in [0.1, 0.15) is 5.82 Å². The largest absolute Gasteiger partial charge is 0.371 e. The van der Waals surface area contributed by atoms with Crippen LogP contribution in [0.2, 0.25) is 0 Å². The van der Waals surface area contributed by atoms with Crippen LogP contribution in [-0.4, -0.2) is 58.3 Å². The fourth-order valence-corrected chi connectivity index (χ4v) is 4.36. The van der Waals surface area contributed by atoms with E-state index in [0.29, 0.717) is 6.42 Å². The minimum atomic E-state index is 0.0998. The molecular weight excluding hydrogens is 326 g/mol. The standard InChI is InChI=1S/C20H29N5O/c1-21-20-18-8-5-12-24(18)15-16(22-20)17-7-6-13-25(17)19(26)9-14-23-10-3-2-4-11-23/h5,8,12,15,17H,2-4,6-7,9-11,13-14H2,1H3,(H,21,22). The first-order valence-electron chi connectivity index (χ1n) is 9.93. The lowest BCUT2D eigenvalue weighted by Crippen LogP contribution is -2.36. The number of carbonyl (C=O) groups is 1. The molecule has 0 saturated carbocycles. The maximum absolute atomic E-state index is 12.9. The first kappa shape index (κ1) is 17.3. The number of anilines is 1. The van der Waals surface area contributed by atoms with Crippen LogP contribution in [-0.2, 0) is 4.79 Å². The lowest BCUT2D eigenvalue weighted by atomic mass is 10.1. The molecule has 2 aliphatic heterocycles. The highest BCUT2D eigenvalue weighted by Gasteiger charge is 2.31. The number of fused-ring (bicyclic) bond motifs is 1. The van der Waals surface area contributed by atoms with E-state index in [2.05, 4.69) is 31.8 Å². The minimum Gasteiger partial charge on any atom is -0.371 e. The minimum absolute atomic E-state index is 0.0998. The molecular formula is C20H29N5O. The van der Waals surface area contributed by atoms with Crippen molar-refractivity contribution in [1.82, 2.24) is 19.2 Å². The highest BCUT2D eigenvalue weighted by molar-refractivity contribution is 5.77. The number of hydrogen-bond donors (Lipinski definition) is 1. The summed E-state index contributed by atoms with van der Waals surface area (Å²) in [5, 5.41) is 3.19. The van der Waals surface area contributed by atoms with Crippen molar-refractivity contribution in [3.8, 4) is 0 Å². The average molecular weight is 355 g/mol. The van der Waals surface area contributed by atoms with E-state index < -0.39 is 0 Å². The molecule has 4 rings (SSSR count). The molecule has 6 heteroatoms. The summed E-state index contributed by atoms with van der Waals surface area (Å²) in [6.45, 7) is 4.04. The van der Waals surface area contributed by atoms with E-state index in [1.807, 2.05) is 19.3 Å². The molecule has 6 nitrogen and oxygen atoms in total. The summed E-state index contributed by atoms with van der Waals surface area (Å²) < 4.78 is 2.10. The van der Waals surface area contributed by atoms with E-state index in [9.17, 15) is 4.79 Å². The number of likely N-dealkylation sites (tertiary alicyclic amines) is 2. The van der Waals surface area contributed by atoms with E-state index in [4.69, 9.17) is 4.98 Å². The smallest absolute Gasteiger partial charge is 0.224 e. The van der Waals surface area contributed by atoms with Gasteiger partial charge in [-0.2, -0.15) is 0 Å². The van der Waals surface area contributed by atoms with Crippen LogP contribution in [0.4, 0.5) is 5.82 Å². The van der Waals surface area contributed by atoms with Gasteiger partial charge in [0.2, 0.25) is 5.91 Å². The Hall–Kier alpha value is -2.08. The topological polar surface area (TPSA) is 52.9 Å². The predicted octanol–water partition coefficient (Wildman–Crippen LogP) is 2.92. The van der Waals surface area contributed by atoms with Gasteiger partial charge in [-0.1, -0.05) is 6.42 Å². The van der Waals surface area contributed by atoms with Crippen molar-refractivity contribution in [3.63, 3.8) is 0 Å². The Balaban J connectivity index is 1.48. The Morgan fingerprint density at radius 2 is 2.08 bits per heavy atom. The van der Waals surface area contributed by atoms with Crippen molar-refractivity contribution in [3.05, 3.63) is 30.2 Å². The molecule has 1 N–H and O–H groups in total. The first-order valence-corrected chi connectivity index (χ1v) is 9.93. The van der Waals surface area contributed by atoms with Crippen molar-refractivity contribution in [2.45, 2.75) is 44.6 Å². The van der Waals surface area contributed by atoms with Gasteiger partial charge in [-0.15, -0.1) is 0 Å². The van der Waals surface area contributed by atoms with Gasteiger partial charge in [0.05, 0.1) is 17.3 Å². The van der Waals surface area contributed by atoms with Crippen LogP contribution in [0.15, 0.2) is 24.5 Å². The first-order chi connectivity index (χ1) is 12.8. The Morgan fingerprint density at radius 3 is 2.88 bits per heavy atom. The molecule has 0 spiro atoms. The van der Waals surface area contributed by atoms with E-state index in [0.717, 1.165) is 56.0 Å². The van der Waals surface area contributed by atoms with Crippen molar-refractivity contribution in [2.75, 3.05) is 38.5 Å². The molecule has 2 aromatic rings. The highest BCUT2D eigenvalue weighted by Crippen LogP contribution is 2.32. The molecule has 2 saturated heterocycles. The second-order valence-corrected chi connectivity index (χ2v) is 7.46. The molecule has 26 heavy (non-hydrogen) atoms. The zero-order chi connectivity index (χ0) is 17.9. The molecule has 1 atom stereocenters. The van der Waals surface area contributed by atoms with Crippen LogP contribution in [0.5, 0.6) is 0 Å². The molecule has 1 amide bonds. The summed E-state index contributed by atoms with van der Waals surface area (Å²) in [5.74, 6) is 1.15. The van der Waals surface area contributed by atoms with Crippen molar-refractivity contribution >= 4 is 17.2 Å². The lowest BCUT2D eigenvalue weighted by molar-refractivity contribution is -0.132. The van der Waals surface area contributed by atoms with Crippen LogP contribution in [0.1, 0.15) is 50.3 Å². The number of amides is 1. The molecule has 4 heterocycles. The Morgan fingerprint density at radius 1 is 1.23 bits per heavy atom. The molecule has 0 radical (unpaired) electrons. The van der Waals surface area contributed by atoms with Gasteiger partial charge >= 0.3 is 0 Å². The average Bonchev–Trinajstić information content (AvgIpc) is 3.35. The third-order valence-electron chi connectivity index (χ3n) is 5.78. The fraction of sp³-hybridized carbons (Fsp3) is 0.600. The van der Waals surface area contributed by atoms with E-state index in [1.165, 1.54) is 19.3 Å². The Bertz CT molecular complexity index is 765. The number of nitrogens with one attached hydrogen (secondary N) is 1. The van der Waals surface area contributed by atoms with Crippen LogP contribution >= 0.6 is 0 Å². The second kappa shape index (κ2) is 7.66. The van der Waals surface area contributed by atoms with Gasteiger partial charge in [0, 0.05) is 39.0 Å². The Labute approximate surface area is 155 Å². The molecule has 2 aromatic heterocycles. The van der Waals surface area contributed by atoms with Crippen molar-refractivity contribution in [2.24, 2.45) is 0 Å². The molecule has 1 unspecified atom stereocenters. The quantitative estimate of drug-likeness (QED) is 0.896. The van der Waals surface area contributed by atoms with Gasteiger partial charge in [0.25, 0.3) is 0 Å². The number of hydrogen-bond acceptors (Lipinski definition) is 4. The molecule has 2 aliphatic rings. The number of rotatable bonds is 5. The monoisotopic (exact) mass is 355 g/mol. The molecule has 0 bridgehead atoms. The summed E-state index contributed by atoms with van der Waals surface area (Å²) in [6.07, 6.45) is 10.7. The zero-order valence-electron chi connectivity index (χ0n) is 15.7. The number of carbonyl (C=O) groups excluding carboxylic acids is 1. The maximum atomic E-state index is 12.9. The second-order valence-electron chi connectivity index (χ2n) is 7.46. The van der Waals surface area contributed by atoms with Crippen LogP contribution < -0.4 is 5.32 Å². The normalized spacial score (nSPS) is 21.4. The van der Waals surface area contributed by atoms with E-state index in [-0.39, 0.29) is 11.9 Å². The Kier molecular flexibility index (Phi) is 5.11. The number of aromatic nitrogens is 2. The summed E-state index contributed by atoms with van der Waals surface area (Å²) in [5.41, 5.74) is 2.05. The summed E-state index contributed by atoms with van der Waals surface area (Å²) in [7, 11) is 1.90. The SMILES string of the molecule is CNc1nc(C2CCCN2C(=O)CCN2CCCCC2)cn2cccc12. The zero-order valence-corrected chi connectivity index (χ0v) is 15.7. The molecule has 0 aliphatic carbocycles. The van der Waals surface area contributed by atoms with Crippen LogP contribution in [0, 0.1) is 0 Å². The molecule has 2 fully saturated rings. The van der Waals surface area contributed by atoms with Gasteiger partial charge < -0.3 is 19.5 Å². The van der Waals surface area contributed by atoms with Gasteiger partial charge in [-0.05, 0) is 50.9 Å². The van der Waals surface area contributed by atoms with Crippen molar-refractivity contribution in [1.29, 1.82) is 0 Å². The van der Waals surface area contributed by atoms with E-state index >= 15 is 0 Å². The predicted molar refractivity (Wildman–Crippen MR) is 103 cm³/mol. The number of piperidine rings is 1. The van der Waals surface area contributed by atoms with Gasteiger partial charge in [-0.25, -0.2) is 4.98 Å². The lowest BCUT2D eigenvalue weighted by Gasteiger charge is -2.29. The summed E-state index contributed by atoms with van der Waals surface area (Å²) in [6, 6.07) is 4.18. The third-order valence-corrected chi connectivity index (χ3v) is 5.78. The third kappa shape index (κ3) is 3.43. The van der Waals surface area contributed by atoms with Crippen molar-refractivity contribution < 1.29 is 4.79 Å². The summed E-state index contributed by atoms with van der Waals surface area (Å²) >= 11 is 0. The summed E-state index contributed by atoms with van der Waals surface area (Å²) in [4.78, 5) is 22.2. The molecule has 0 aromatic carbocycles. The fourth-order valence-electron chi connectivity index (χ4n) is 4.36. The van der Waals surface area contributed by atoms with Crippen LogP contribution in [0.3, 0.4) is 0 Å². The maximum Gasteiger partial charge on any atom is 0.224 e. The highest BCUT2D eigenvalue weighted by atomic mass is 16.2. The van der Waals surface area contributed by atoms with Gasteiger partial charge in [0.15, 0.2) is 0 Å². The van der Waals surface area contributed by atoms with Crippen LogP contribution in [0.25, 0.3) is 5.52 Å². The molecule has 140 valence electrons. The number of nitrogens with zero attached hydrogens (tertiary/aromatic N) is 4.